The lowest BCUT2D eigenvalue weighted by molar-refractivity contribution is -0.135. The summed E-state index contributed by atoms with van der Waals surface area (Å²) < 4.78 is 5.29. The average molecular weight is 423 g/mol. The minimum absolute atomic E-state index is 0. The molecule has 0 radical (unpaired) electrons. The molecule has 2 amide bonds. The van der Waals surface area contributed by atoms with E-state index in [1.807, 2.05) is 4.90 Å². The third kappa shape index (κ3) is 4.36. The number of methoxy groups -OCH3 is 1. The van der Waals surface area contributed by atoms with Crippen molar-refractivity contribution >= 4 is 47.4 Å². The Morgan fingerprint density at radius 2 is 2.00 bits per heavy atom. The summed E-state index contributed by atoms with van der Waals surface area (Å²) in [7, 11) is 1.49. The number of ether oxygens (including phenoxy) is 1. The number of hydrogen-bond donors (Lipinski definition) is 1. The van der Waals surface area contributed by atoms with Gasteiger partial charge in [-0.3, -0.25) is 9.59 Å². The van der Waals surface area contributed by atoms with E-state index in [2.05, 4.69) is 5.32 Å². The monoisotopic (exact) mass is 421 g/mol. The maximum Gasteiger partial charge on any atom is 0.257 e. The first-order chi connectivity index (χ1) is 12.0. The van der Waals surface area contributed by atoms with Gasteiger partial charge in [0.1, 0.15) is 5.75 Å². The Bertz CT molecular complexity index is 687. The fourth-order valence-corrected chi connectivity index (χ4v) is 3.75. The van der Waals surface area contributed by atoms with Crippen molar-refractivity contribution < 1.29 is 14.3 Å². The summed E-state index contributed by atoms with van der Waals surface area (Å²) in [5, 5.41) is 3.74. The fourth-order valence-electron chi connectivity index (χ4n) is 3.44. The summed E-state index contributed by atoms with van der Waals surface area (Å²) in [6.07, 6.45) is 1.77. The summed E-state index contributed by atoms with van der Waals surface area (Å²) >= 11 is 12.1. The lowest BCUT2D eigenvalue weighted by atomic mass is 10.0. The van der Waals surface area contributed by atoms with Crippen LogP contribution in [0.3, 0.4) is 0 Å². The van der Waals surface area contributed by atoms with Crippen molar-refractivity contribution in [2.24, 2.45) is 0 Å². The SMILES string of the molecule is COc1cc(Cl)c(Cl)cc1C(=O)N1CCCC(N2CCNCC2=O)C1.Cl. The van der Waals surface area contributed by atoms with Crippen LogP contribution in [0.5, 0.6) is 5.75 Å². The summed E-state index contributed by atoms with van der Waals surface area (Å²) in [4.78, 5) is 28.8. The molecule has 0 bridgehead atoms. The van der Waals surface area contributed by atoms with E-state index in [4.69, 9.17) is 27.9 Å². The second kappa shape index (κ2) is 9.13. The molecule has 2 saturated heterocycles. The van der Waals surface area contributed by atoms with Gasteiger partial charge >= 0.3 is 0 Å². The van der Waals surface area contributed by atoms with E-state index >= 15 is 0 Å². The molecule has 1 aromatic rings. The number of hydrogen-bond acceptors (Lipinski definition) is 4. The molecule has 2 aliphatic rings. The van der Waals surface area contributed by atoms with Gasteiger partial charge in [0.25, 0.3) is 5.91 Å². The minimum Gasteiger partial charge on any atom is -0.496 e. The number of likely N-dealkylation sites (tertiary alicyclic amines) is 1. The molecule has 0 aromatic heterocycles. The van der Waals surface area contributed by atoms with E-state index in [0.717, 1.165) is 19.4 Å². The van der Waals surface area contributed by atoms with Crippen LogP contribution in [0.4, 0.5) is 0 Å². The molecule has 0 saturated carbocycles. The van der Waals surface area contributed by atoms with Gasteiger partial charge in [-0.2, -0.15) is 0 Å². The Morgan fingerprint density at radius 1 is 1.27 bits per heavy atom. The molecule has 2 heterocycles. The smallest absolute Gasteiger partial charge is 0.257 e. The molecule has 144 valence electrons. The van der Waals surface area contributed by atoms with Crippen LogP contribution in [-0.2, 0) is 4.79 Å². The van der Waals surface area contributed by atoms with E-state index < -0.39 is 0 Å². The molecular weight excluding hydrogens is 401 g/mol. The highest BCUT2D eigenvalue weighted by Gasteiger charge is 2.32. The zero-order valence-corrected chi connectivity index (χ0v) is 16.8. The molecule has 3 rings (SSSR count). The molecule has 1 unspecified atom stereocenters. The number of carbonyl (C=O) groups is 2. The maximum atomic E-state index is 13.0. The number of piperazine rings is 1. The van der Waals surface area contributed by atoms with Gasteiger partial charge in [-0.25, -0.2) is 0 Å². The van der Waals surface area contributed by atoms with E-state index in [0.29, 0.717) is 47.5 Å². The van der Waals surface area contributed by atoms with Crippen LogP contribution < -0.4 is 10.1 Å². The average Bonchev–Trinajstić information content (AvgIpc) is 2.63. The molecule has 2 fully saturated rings. The molecular formula is C17H22Cl3N3O3. The van der Waals surface area contributed by atoms with Crippen LogP contribution in [0.1, 0.15) is 23.2 Å². The largest absolute Gasteiger partial charge is 0.496 e. The van der Waals surface area contributed by atoms with Gasteiger partial charge in [-0.1, -0.05) is 23.2 Å². The van der Waals surface area contributed by atoms with Gasteiger partial charge < -0.3 is 19.9 Å². The van der Waals surface area contributed by atoms with Gasteiger partial charge in [0.05, 0.1) is 29.3 Å². The summed E-state index contributed by atoms with van der Waals surface area (Å²) in [5.74, 6) is 0.347. The molecule has 2 aliphatic heterocycles. The second-order valence-corrected chi connectivity index (χ2v) is 7.09. The highest BCUT2D eigenvalue weighted by atomic mass is 35.5. The Hall–Kier alpha value is -1.21. The van der Waals surface area contributed by atoms with Crippen molar-refractivity contribution in [3.8, 4) is 5.75 Å². The van der Waals surface area contributed by atoms with E-state index in [1.165, 1.54) is 7.11 Å². The number of amides is 2. The van der Waals surface area contributed by atoms with Crippen molar-refractivity contribution in [2.45, 2.75) is 18.9 Å². The Labute approximate surface area is 169 Å². The molecule has 9 heteroatoms. The number of halogens is 3. The summed E-state index contributed by atoms with van der Waals surface area (Å²) in [5.41, 5.74) is 0.393. The highest BCUT2D eigenvalue weighted by Crippen LogP contribution is 2.32. The van der Waals surface area contributed by atoms with Crippen LogP contribution in [0, 0.1) is 0 Å². The number of benzene rings is 1. The first-order valence-electron chi connectivity index (χ1n) is 8.33. The van der Waals surface area contributed by atoms with Crippen molar-refractivity contribution in [1.82, 2.24) is 15.1 Å². The van der Waals surface area contributed by atoms with Crippen molar-refractivity contribution in [3.05, 3.63) is 27.7 Å². The van der Waals surface area contributed by atoms with Gasteiger partial charge in [-0.05, 0) is 18.9 Å². The minimum atomic E-state index is -0.150. The van der Waals surface area contributed by atoms with Crippen LogP contribution in [0.25, 0.3) is 0 Å². The normalized spacial score (nSPS) is 20.6. The molecule has 1 aromatic carbocycles. The first-order valence-corrected chi connectivity index (χ1v) is 9.09. The number of piperidine rings is 1. The number of nitrogens with zero attached hydrogens (tertiary/aromatic N) is 2. The zero-order valence-electron chi connectivity index (χ0n) is 14.5. The van der Waals surface area contributed by atoms with Crippen LogP contribution in [0.2, 0.25) is 10.0 Å². The molecule has 0 spiro atoms. The molecule has 1 N–H and O–H groups in total. The fraction of sp³-hybridized carbons (Fsp3) is 0.529. The zero-order chi connectivity index (χ0) is 18.0. The standard InChI is InChI=1S/C17H21Cl2N3O3.ClH/c1-25-15-8-14(19)13(18)7-12(15)17(24)21-5-2-3-11(10-21)22-6-4-20-9-16(22)23;/h7-8,11,20H,2-6,9-10H2,1H3;1H. The molecule has 0 aliphatic carbocycles. The molecule has 1 atom stereocenters. The Morgan fingerprint density at radius 3 is 2.69 bits per heavy atom. The van der Waals surface area contributed by atoms with E-state index in [-0.39, 0.29) is 30.3 Å². The topological polar surface area (TPSA) is 61.9 Å². The van der Waals surface area contributed by atoms with Gasteiger partial charge in [0, 0.05) is 38.3 Å². The quantitative estimate of drug-likeness (QED) is 0.813. The van der Waals surface area contributed by atoms with Gasteiger partial charge in [0.15, 0.2) is 0 Å². The number of carbonyl (C=O) groups excluding carboxylic acids is 2. The third-order valence-corrected chi connectivity index (χ3v) is 5.45. The lowest BCUT2D eigenvalue weighted by Crippen LogP contribution is -2.57. The number of rotatable bonds is 3. The number of nitrogens with one attached hydrogen (secondary N) is 1. The maximum absolute atomic E-state index is 13.0. The van der Waals surface area contributed by atoms with Crippen molar-refractivity contribution in [1.29, 1.82) is 0 Å². The van der Waals surface area contributed by atoms with Crippen LogP contribution in [0.15, 0.2) is 12.1 Å². The van der Waals surface area contributed by atoms with Crippen molar-refractivity contribution in [3.63, 3.8) is 0 Å². The van der Waals surface area contributed by atoms with Crippen LogP contribution >= 0.6 is 35.6 Å². The first kappa shape index (κ1) is 21.1. The van der Waals surface area contributed by atoms with E-state index in [1.54, 1.807) is 17.0 Å². The second-order valence-electron chi connectivity index (χ2n) is 6.28. The van der Waals surface area contributed by atoms with Crippen molar-refractivity contribution in [2.75, 3.05) is 39.8 Å². The molecule has 6 nitrogen and oxygen atoms in total. The Kier molecular flexibility index (Phi) is 7.41. The summed E-state index contributed by atoms with van der Waals surface area (Å²) in [6.45, 7) is 3.01. The molecule has 26 heavy (non-hydrogen) atoms. The van der Waals surface area contributed by atoms with Crippen LogP contribution in [-0.4, -0.2) is 67.5 Å². The lowest BCUT2D eigenvalue weighted by Gasteiger charge is -2.41. The Balaban J connectivity index is 0.00000243. The van der Waals surface area contributed by atoms with Gasteiger partial charge in [-0.15, -0.1) is 12.4 Å². The highest BCUT2D eigenvalue weighted by molar-refractivity contribution is 6.42. The predicted molar refractivity (Wildman–Crippen MR) is 104 cm³/mol. The third-order valence-electron chi connectivity index (χ3n) is 4.72. The summed E-state index contributed by atoms with van der Waals surface area (Å²) in [6, 6.07) is 3.16. The van der Waals surface area contributed by atoms with E-state index in [9.17, 15) is 9.59 Å². The predicted octanol–water partition coefficient (Wildman–Crippen LogP) is 2.46. The van der Waals surface area contributed by atoms with Gasteiger partial charge in [0.2, 0.25) is 5.91 Å².